The van der Waals surface area contributed by atoms with Crippen molar-refractivity contribution in [2.24, 2.45) is 0 Å². The van der Waals surface area contributed by atoms with E-state index in [4.69, 9.17) is 5.11 Å². The van der Waals surface area contributed by atoms with Gasteiger partial charge in [0.25, 0.3) is 0 Å². The zero-order valence-corrected chi connectivity index (χ0v) is 10.7. The maximum Gasteiger partial charge on any atom is 0.336 e. The number of aromatic carboxylic acids is 1. The third-order valence-corrected chi connectivity index (χ3v) is 4.72. The van der Waals surface area contributed by atoms with Crippen molar-refractivity contribution in [1.29, 1.82) is 0 Å². The number of thiol groups is 1. The van der Waals surface area contributed by atoms with Gasteiger partial charge >= 0.3 is 5.97 Å². The van der Waals surface area contributed by atoms with Gasteiger partial charge in [-0.3, -0.25) is 0 Å². The van der Waals surface area contributed by atoms with Crippen LogP contribution in [0.25, 0.3) is 10.1 Å². The summed E-state index contributed by atoms with van der Waals surface area (Å²) in [6, 6.07) is 3.47. The van der Waals surface area contributed by atoms with Crippen molar-refractivity contribution in [3.63, 3.8) is 0 Å². The highest BCUT2D eigenvalue weighted by molar-refractivity contribution is 14.1. The summed E-state index contributed by atoms with van der Waals surface area (Å²) < 4.78 is 1.82. The molecule has 1 N–H and O–H groups in total. The van der Waals surface area contributed by atoms with E-state index in [0.29, 0.717) is 5.56 Å². The van der Waals surface area contributed by atoms with Gasteiger partial charge in [0.1, 0.15) is 0 Å². The molecule has 0 radical (unpaired) electrons. The predicted octanol–water partition coefficient (Wildman–Crippen LogP) is 3.49. The van der Waals surface area contributed by atoms with Crippen LogP contribution in [0.2, 0.25) is 0 Å². The molecular weight excluding hydrogens is 331 g/mol. The predicted molar refractivity (Wildman–Crippen MR) is 68.8 cm³/mol. The molecule has 0 atom stereocenters. The second kappa shape index (κ2) is 3.71. The highest BCUT2D eigenvalue weighted by Crippen LogP contribution is 2.33. The number of rotatable bonds is 1. The minimum atomic E-state index is -0.889. The van der Waals surface area contributed by atoms with E-state index in [1.165, 1.54) is 11.3 Å². The SMILES string of the molecule is O=C(O)c1cc(I)c(S)c2sccc12. The second-order valence-corrected chi connectivity index (χ2v) is 5.25. The summed E-state index contributed by atoms with van der Waals surface area (Å²) in [6.07, 6.45) is 0. The Morgan fingerprint density at radius 3 is 2.93 bits per heavy atom. The van der Waals surface area contributed by atoms with E-state index in [1.54, 1.807) is 6.07 Å². The fraction of sp³-hybridized carbons (Fsp3) is 0. The molecule has 0 unspecified atom stereocenters. The first-order valence-electron chi connectivity index (χ1n) is 3.73. The molecule has 1 aromatic carbocycles. The number of carboxylic acid groups (broad SMARTS) is 1. The molecule has 0 aliphatic rings. The van der Waals surface area contributed by atoms with Crippen LogP contribution in [-0.4, -0.2) is 11.1 Å². The van der Waals surface area contributed by atoms with Crippen LogP contribution in [-0.2, 0) is 0 Å². The normalized spacial score (nSPS) is 10.7. The molecule has 0 aliphatic carbocycles. The summed E-state index contributed by atoms with van der Waals surface area (Å²) in [6.45, 7) is 0. The Morgan fingerprint density at radius 2 is 2.29 bits per heavy atom. The zero-order chi connectivity index (χ0) is 10.3. The first kappa shape index (κ1) is 10.3. The number of hydrogen-bond donors (Lipinski definition) is 2. The van der Waals surface area contributed by atoms with Crippen molar-refractivity contribution < 1.29 is 9.90 Å². The Morgan fingerprint density at radius 1 is 1.57 bits per heavy atom. The van der Waals surface area contributed by atoms with Crippen LogP contribution >= 0.6 is 46.6 Å². The first-order valence-corrected chi connectivity index (χ1v) is 6.14. The van der Waals surface area contributed by atoms with Crippen molar-refractivity contribution in [3.8, 4) is 0 Å². The molecule has 0 bridgehead atoms. The fourth-order valence-corrected chi connectivity index (χ4v) is 3.24. The Bertz CT molecular complexity index is 519. The highest BCUT2D eigenvalue weighted by atomic mass is 127. The number of carboxylic acids is 1. The van der Waals surface area contributed by atoms with Crippen LogP contribution in [0.5, 0.6) is 0 Å². The topological polar surface area (TPSA) is 37.3 Å². The van der Waals surface area contributed by atoms with E-state index in [2.05, 4.69) is 35.2 Å². The molecule has 0 aliphatic heterocycles. The lowest BCUT2D eigenvalue weighted by Gasteiger charge is -2.02. The Kier molecular flexibility index (Phi) is 2.72. The van der Waals surface area contributed by atoms with Gasteiger partial charge in [-0.05, 0) is 40.1 Å². The molecule has 2 nitrogen and oxygen atoms in total. The number of fused-ring (bicyclic) bond motifs is 1. The quantitative estimate of drug-likeness (QED) is 0.618. The van der Waals surface area contributed by atoms with Crippen LogP contribution in [0.15, 0.2) is 22.4 Å². The van der Waals surface area contributed by atoms with Crippen LogP contribution in [0, 0.1) is 3.57 Å². The van der Waals surface area contributed by atoms with Crippen molar-refractivity contribution >= 4 is 62.6 Å². The fourth-order valence-electron chi connectivity index (χ4n) is 1.26. The highest BCUT2D eigenvalue weighted by Gasteiger charge is 2.13. The smallest absolute Gasteiger partial charge is 0.336 e. The van der Waals surface area contributed by atoms with Crippen molar-refractivity contribution in [2.45, 2.75) is 4.90 Å². The molecule has 2 aromatic rings. The van der Waals surface area contributed by atoms with Crippen molar-refractivity contribution in [2.75, 3.05) is 0 Å². The molecule has 72 valence electrons. The Hall–Kier alpha value is -0.270. The molecule has 1 heterocycles. The molecule has 0 saturated heterocycles. The summed E-state index contributed by atoms with van der Waals surface area (Å²) in [5.74, 6) is -0.889. The summed E-state index contributed by atoms with van der Waals surface area (Å²) >= 11 is 7.97. The number of hydrogen-bond acceptors (Lipinski definition) is 3. The maximum atomic E-state index is 11.0. The van der Waals surface area contributed by atoms with Gasteiger partial charge < -0.3 is 5.11 Å². The molecule has 0 amide bonds. The molecule has 1 aromatic heterocycles. The van der Waals surface area contributed by atoms with Crippen LogP contribution in [0.1, 0.15) is 10.4 Å². The van der Waals surface area contributed by atoms with Gasteiger partial charge in [-0.15, -0.1) is 24.0 Å². The third-order valence-electron chi connectivity index (χ3n) is 1.90. The minimum absolute atomic E-state index is 0.350. The Labute approximate surface area is 103 Å². The van der Waals surface area contributed by atoms with Crippen LogP contribution in [0.4, 0.5) is 0 Å². The van der Waals surface area contributed by atoms with E-state index in [9.17, 15) is 4.79 Å². The molecule has 2 rings (SSSR count). The number of thiophene rings is 1. The lowest BCUT2D eigenvalue weighted by Crippen LogP contribution is -1.97. The van der Waals surface area contributed by atoms with Crippen molar-refractivity contribution in [1.82, 2.24) is 0 Å². The average molecular weight is 336 g/mol. The number of carbonyl (C=O) groups is 1. The van der Waals surface area contributed by atoms with Crippen molar-refractivity contribution in [3.05, 3.63) is 26.6 Å². The third kappa shape index (κ3) is 1.53. The van der Waals surface area contributed by atoms with E-state index >= 15 is 0 Å². The van der Waals surface area contributed by atoms with Crippen LogP contribution < -0.4 is 0 Å². The average Bonchev–Trinajstić information content (AvgIpc) is 2.59. The first-order chi connectivity index (χ1) is 6.61. The minimum Gasteiger partial charge on any atom is -0.478 e. The second-order valence-electron chi connectivity index (χ2n) is 2.72. The van der Waals surface area contributed by atoms with E-state index in [1.807, 2.05) is 11.4 Å². The zero-order valence-electron chi connectivity index (χ0n) is 6.82. The number of benzene rings is 1. The molecular formula is C9H5IO2S2. The maximum absolute atomic E-state index is 11.0. The van der Waals surface area contributed by atoms with Gasteiger partial charge in [-0.25, -0.2) is 4.79 Å². The standard InChI is InChI=1S/C9H5IO2S2/c10-6-3-5(9(11)12)4-1-2-14-8(4)7(6)13/h1-3,13H,(H,11,12). The van der Waals surface area contributed by atoms with Gasteiger partial charge in [0.05, 0.1) is 5.56 Å². The monoisotopic (exact) mass is 336 g/mol. The largest absolute Gasteiger partial charge is 0.478 e. The molecule has 0 fully saturated rings. The van der Waals surface area contributed by atoms with Gasteiger partial charge in [0, 0.05) is 18.6 Å². The van der Waals surface area contributed by atoms with Gasteiger partial charge in [-0.2, -0.15) is 0 Å². The lowest BCUT2D eigenvalue weighted by atomic mass is 10.1. The summed E-state index contributed by atoms with van der Waals surface area (Å²) in [5, 5.41) is 11.6. The van der Waals surface area contributed by atoms with Gasteiger partial charge in [-0.1, -0.05) is 0 Å². The molecule has 0 saturated carbocycles. The van der Waals surface area contributed by atoms with Crippen LogP contribution in [0.3, 0.4) is 0 Å². The molecule has 14 heavy (non-hydrogen) atoms. The molecule has 5 heteroatoms. The Balaban J connectivity index is 2.91. The van der Waals surface area contributed by atoms with Gasteiger partial charge in [0.2, 0.25) is 0 Å². The lowest BCUT2D eigenvalue weighted by molar-refractivity contribution is 0.0699. The summed E-state index contributed by atoms with van der Waals surface area (Å²) in [4.78, 5) is 11.8. The molecule has 0 spiro atoms. The van der Waals surface area contributed by atoms with E-state index < -0.39 is 5.97 Å². The summed E-state index contributed by atoms with van der Waals surface area (Å²) in [7, 11) is 0. The van der Waals surface area contributed by atoms with Gasteiger partial charge in [0.15, 0.2) is 0 Å². The van der Waals surface area contributed by atoms with E-state index in [0.717, 1.165) is 18.6 Å². The van der Waals surface area contributed by atoms with E-state index in [-0.39, 0.29) is 0 Å². The number of halogens is 1. The summed E-state index contributed by atoms with van der Waals surface area (Å²) in [5.41, 5.74) is 0.350.